The maximum Gasteiger partial charge on any atom is 0.287 e. The van der Waals surface area contributed by atoms with E-state index in [-0.39, 0.29) is 11.1 Å². The number of anilines is 1. The van der Waals surface area contributed by atoms with Crippen LogP contribution in [0.3, 0.4) is 0 Å². The van der Waals surface area contributed by atoms with Crippen LogP contribution in [0, 0.1) is 33.8 Å². The zero-order chi connectivity index (χ0) is 15.4. The van der Waals surface area contributed by atoms with E-state index in [0.717, 1.165) is 17.3 Å². The van der Waals surface area contributed by atoms with Crippen molar-refractivity contribution in [2.75, 3.05) is 5.32 Å². The first-order chi connectivity index (χ1) is 9.74. The van der Waals surface area contributed by atoms with Gasteiger partial charge in [0.2, 0.25) is 0 Å². The van der Waals surface area contributed by atoms with Crippen molar-refractivity contribution in [1.82, 2.24) is 4.98 Å². The maximum atomic E-state index is 10.8. The Morgan fingerprint density at radius 3 is 2.67 bits per heavy atom. The van der Waals surface area contributed by atoms with Crippen molar-refractivity contribution < 1.29 is 4.92 Å². The standard InChI is InChI=1S/C16H23N3O2/c1-10-7-12(19(20)21)9-17-13(10)18-14-15(2,3)11-5-6-16(14,4)8-11/h7,9,11,14H,5-6,8H2,1-4H3,(H,17,18). The van der Waals surface area contributed by atoms with E-state index in [0.29, 0.717) is 11.5 Å². The molecule has 114 valence electrons. The molecular weight excluding hydrogens is 266 g/mol. The van der Waals surface area contributed by atoms with Crippen molar-refractivity contribution in [3.05, 3.63) is 27.9 Å². The van der Waals surface area contributed by atoms with Crippen molar-refractivity contribution in [3.8, 4) is 0 Å². The molecule has 2 aliphatic rings. The minimum absolute atomic E-state index is 0.0523. The number of nitrogens with one attached hydrogen (secondary N) is 1. The number of aromatic nitrogens is 1. The Kier molecular flexibility index (Phi) is 3.01. The first-order valence-corrected chi connectivity index (χ1v) is 7.61. The summed E-state index contributed by atoms with van der Waals surface area (Å²) < 4.78 is 0. The number of rotatable bonds is 3. The molecule has 0 saturated heterocycles. The summed E-state index contributed by atoms with van der Waals surface area (Å²) in [4.78, 5) is 14.7. The van der Waals surface area contributed by atoms with Crippen LogP contribution in [0.4, 0.5) is 11.5 Å². The summed E-state index contributed by atoms with van der Waals surface area (Å²) >= 11 is 0. The fourth-order valence-corrected chi connectivity index (χ4v) is 4.61. The highest BCUT2D eigenvalue weighted by atomic mass is 16.6. The molecule has 3 unspecified atom stereocenters. The van der Waals surface area contributed by atoms with Gasteiger partial charge < -0.3 is 5.32 Å². The molecule has 2 bridgehead atoms. The molecule has 0 amide bonds. The van der Waals surface area contributed by atoms with Crippen molar-refractivity contribution in [1.29, 1.82) is 0 Å². The summed E-state index contributed by atoms with van der Waals surface area (Å²) in [7, 11) is 0. The van der Waals surface area contributed by atoms with Crippen LogP contribution < -0.4 is 5.32 Å². The van der Waals surface area contributed by atoms with E-state index in [1.54, 1.807) is 6.07 Å². The van der Waals surface area contributed by atoms with Gasteiger partial charge in [0.05, 0.1) is 4.92 Å². The molecular formula is C16H23N3O2. The Balaban J connectivity index is 1.88. The second kappa shape index (κ2) is 4.42. The molecule has 21 heavy (non-hydrogen) atoms. The van der Waals surface area contributed by atoms with Gasteiger partial charge in [-0.1, -0.05) is 20.8 Å². The van der Waals surface area contributed by atoms with Gasteiger partial charge >= 0.3 is 0 Å². The third-order valence-corrected chi connectivity index (χ3v) is 5.83. The van der Waals surface area contributed by atoms with Gasteiger partial charge in [-0.2, -0.15) is 0 Å². The number of pyridine rings is 1. The fraction of sp³-hybridized carbons (Fsp3) is 0.688. The molecule has 0 spiro atoms. The van der Waals surface area contributed by atoms with Gasteiger partial charge in [-0.25, -0.2) is 4.98 Å². The Morgan fingerprint density at radius 1 is 1.43 bits per heavy atom. The third-order valence-electron chi connectivity index (χ3n) is 5.83. The van der Waals surface area contributed by atoms with E-state index in [9.17, 15) is 10.1 Å². The van der Waals surface area contributed by atoms with E-state index in [4.69, 9.17) is 0 Å². The molecule has 1 aromatic heterocycles. The smallest absolute Gasteiger partial charge is 0.287 e. The minimum atomic E-state index is -0.396. The van der Waals surface area contributed by atoms with Gasteiger partial charge in [-0.05, 0) is 48.5 Å². The molecule has 1 aromatic rings. The predicted molar refractivity (Wildman–Crippen MR) is 82.3 cm³/mol. The fourth-order valence-electron chi connectivity index (χ4n) is 4.61. The Labute approximate surface area is 125 Å². The van der Waals surface area contributed by atoms with Gasteiger partial charge in [0, 0.05) is 12.1 Å². The molecule has 2 aliphatic carbocycles. The van der Waals surface area contributed by atoms with E-state index in [1.165, 1.54) is 25.5 Å². The predicted octanol–water partition coefficient (Wildman–Crippen LogP) is 3.92. The van der Waals surface area contributed by atoms with Gasteiger partial charge in [0.15, 0.2) is 0 Å². The first-order valence-electron chi connectivity index (χ1n) is 7.61. The zero-order valence-electron chi connectivity index (χ0n) is 13.1. The summed E-state index contributed by atoms with van der Waals surface area (Å²) in [5.41, 5.74) is 1.44. The molecule has 2 saturated carbocycles. The van der Waals surface area contributed by atoms with Crippen LogP contribution in [0.1, 0.15) is 45.6 Å². The lowest BCUT2D eigenvalue weighted by Gasteiger charge is -2.43. The lowest BCUT2D eigenvalue weighted by molar-refractivity contribution is -0.385. The largest absolute Gasteiger partial charge is 0.366 e. The zero-order valence-corrected chi connectivity index (χ0v) is 13.1. The van der Waals surface area contributed by atoms with E-state index in [1.807, 2.05) is 6.92 Å². The first kappa shape index (κ1) is 14.3. The number of hydrogen-bond acceptors (Lipinski definition) is 4. The summed E-state index contributed by atoms with van der Waals surface area (Å²) in [6.07, 6.45) is 5.18. The Hall–Kier alpha value is -1.65. The molecule has 3 rings (SSSR count). The van der Waals surface area contributed by atoms with E-state index in [2.05, 4.69) is 31.1 Å². The Morgan fingerprint density at radius 2 is 2.14 bits per heavy atom. The Bertz CT molecular complexity index is 594. The highest BCUT2D eigenvalue weighted by molar-refractivity contribution is 5.50. The van der Waals surface area contributed by atoms with Gasteiger partial charge in [0.1, 0.15) is 12.0 Å². The molecule has 1 heterocycles. The van der Waals surface area contributed by atoms with Crippen molar-refractivity contribution in [2.24, 2.45) is 16.7 Å². The second-order valence-corrected chi connectivity index (χ2v) is 7.61. The monoisotopic (exact) mass is 289 g/mol. The van der Waals surface area contributed by atoms with Crippen LogP contribution in [-0.2, 0) is 0 Å². The molecule has 3 atom stereocenters. The van der Waals surface area contributed by atoms with E-state index < -0.39 is 4.92 Å². The quantitative estimate of drug-likeness (QED) is 0.676. The van der Waals surface area contributed by atoms with Crippen LogP contribution in [0.15, 0.2) is 12.3 Å². The maximum absolute atomic E-state index is 10.8. The minimum Gasteiger partial charge on any atom is -0.366 e. The number of hydrogen-bond donors (Lipinski definition) is 1. The third kappa shape index (κ3) is 2.10. The molecule has 2 fully saturated rings. The van der Waals surface area contributed by atoms with Crippen LogP contribution in [0.5, 0.6) is 0 Å². The highest BCUT2D eigenvalue weighted by Crippen LogP contribution is 2.63. The summed E-state index contributed by atoms with van der Waals surface area (Å²) in [5, 5.41) is 14.4. The average molecular weight is 289 g/mol. The normalized spacial score (nSPS) is 33.1. The number of fused-ring (bicyclic) bond motifs is 2. The topological polar surface area (TPSA) is 68.1 Å². The molecule has 0 aromatic carbocycles. The summed E-state index contributed by atoms with van der Waals surface area (Å²) in [6.45, 7) is 8.91. The van der Waals surface area contributed by atoms with Crippen molar-refractivity contribution in [3.63, 3.8) is 0 Å². The van der Waals surface area contributed by atoms with E-state index >= 15 is 0 Å². The average Bonchev–Trinajstić information content (AvgIpc) is 2.87. The highest BCUT2D eigenvalue weighted by Gasteiger charge is 2.59. The van der Waals surface area contributed by atoms with Crippen LogP contribution in [0.25, 0.3) is 0 Å². The number of nitro groups is 1. The SMILES string of the molecule is Cc1cc([N+](=O)[O-])cnc1NC1C2(C)CCC(C2)C1(C)C. The lowest BCUT2D eigenvalue weighted by Crippen LogP contribution is -2.46. The number of aryl methyl sites for hydroxylation is 1. The summed E-state index contributed by atoms with van der Waals surface area (Å²) in [6, 6.07) is 1.97. The van der Waals surface area contributed by atoms with Crippen molar-refractivity contribution in [2.45, 2.75) is 53.0 Å². The molecule has 0 aliphatic heterocycles. The lowest BCUT2D eigenvalue weighted by atomic mass is 9.68. The van der Waals surface area contributed by atoms with Gasteiger partial charge in [-0.3, -0.25) is 10.1 Å². The second-order valence-electron chi connectivity index (χ2n) is 7.61. The molecule has 1 N–H and O–H groups in total. The van der Waals surface area contributed by atoms with Gasteiger partial charge in [0.25, 0.3) is 5.69 Å². The number of nitrogens with zero attached hydrogens (tertiary/aromatic N) is 2. The summed E-state index contributed by atoms with van der Waals surface area (Å²) in [5.74, 6) is 1.55. The van der Waals surface area contributed by atoms with Crippen molar-refractivity contribution >= 4 is 11.5 Å². The molecule has 5 nitrogen and oxygen atoms in total. The van der Waals surface area contributed by atoms with Crippen LogP contribution >= 0.6 is 0 Å². The molecule has 0 radical (unpaired) electrons. The van der Waals surface area contributed by atoms with Gasteiger partial charge in [-0.15, -0.1) is 0 Å². The van der Waals surface area contributed by atoms with Crippen LogP contribution in [-0.4, -0.2) is 15.9 Å². The molecule has 5 heteroatoms. The van der Waals surface area contributed by atoms with Crippen LogP contribution in [0.2, 0.25) is 0 Å².